The van der Waals surface area contributed by atoms with Gasteiger partial charge in [0.2, 0.25) is 5.91 Å². The summed E-state index contributed by atoms with van der Waals surface area (Å²) in [4.78, 5) is 13.5. The third-order valence-electron chi connectivity index (χ3n) is 3.18. The summed E-state index contributed by atoms with van der Waals surface area (Å²) in [5.74, 6) is -0.0246. The number of carbonyl (C=O) groups is 1. The van der Waals surface area contributed by atoms with Crippen molar-refractivity contribution < 1.29 is 4.79 Å². The SMILES string of the molecule is CC(=O)Nc1ccc(CN2C[C@@H](C)S[C@H](C)C2)cc1. The van der Waals surface area contributed by atoms with Gasteiger partial charge in [-0.1, -0.05) is 26.0 Å². The van der Waals surface area contributed by atoms with Crippen LogP contribution in [0.3, 0.4) is 0 Å². The normalized spacial score (nSPS) is 24.2. The van der Waals surface area contributed by atoms with Crippen molar-refractivity contribution in [1.29, 1.82) is 0 Å². The first-order chi connectivity index (χ1) is 9.02. The maximum absolute atomic E-state index is 11.0. The van der Waals surface area contributed by atoms with Crippen molar-refractivity contribution in [3.05, 3.63) is 29.8 Å². The highest BCUT2D eigenvalue weighted by molar-refractivity contribution is 8.00. The van der Waals surface area contributed by atoms with Gasteiger partial charge in [0.1, 0.15) is 0 Å². The van der Waals surface area contributed by atoms with E-state index in [1.165, 1.54) is 12.5 Å². The van der Waals surface area contributed by atoms with Gasteiger partial charge in [-0.25, -0.2) is 0 Å². The number of hydrogen-bond acceptors (Lipinski definition) is 3. The molecule has 2 rings (SSSR count). The smallest absolute Gasteiger partial charge is 0.221 e. The second kappa shape index (κ2) is 6.44. The molecule has 1 saturated heterocycles. The van der Waals surface area contributed by atoms with E-state index in [1.54, 1.807) is 0 Å². The van der Waals surface area contributed by atoms with Gasteiger partial charge in [-0.05, 0) is 17.7 Å². The average Bonchev–Trinajstić information content (AvgIpc) is 2.29. The van der Waals surface area contributed by atoms with Crippen LogP contribution in [0.15, 0.2) is 24.3 Å². The number of nitrogens with one attached hydrogen (secondary N) is 1. The molecule has 0 aromatic heterocycles. The van der Waals surface area contributed by atoms with Gasteiger partial charge in [0, 0.05) is 42.7 Å². The van der Waals surface area contributed by atoms with E-state index in [0.29, 0.717) is 10.5 Å². The first kappa shape index (κ1) is 14.4. The molecule has 2 atom stereocenters. The summed E-state index contributed by atoms with van der Waals surface area (Å²) in [6.45, 7) is 9.43. The standard InChI is InChI=1S/C15H22N2OS/c1-11-8-17(9-12(2)19-11)10-14-4-6-15(7-5-14)16-13(3)18/h4-7,11-12H,8-10H2,1-3H3,(H,16,18)/t11-,12-/m1/s1. The maximum atomic E-state index is 11.0. The molecule has 1 fully saturated rings. The molecule has 1 heterocycles. The van der Waals surface area contributed by atoms with Crippen LogP contribution in [0, 0.1) is 0 Å². The van der Waals surface area contributed by atoms with E-state index < -0.39 is 0 Å². The Kier molecular flexibility index (Phi) is 4.88. The number of carbonyl (C=O) groups excluding carboxylic acids is 1. The second-order valence-electron chi connectivity index (χ2n) is 5.33. The van der Waals surface area contributed by atoms with Crippen molar-refractivity contribution in [3.8, 4) is 0 Å². The molecule has 1 aromatic rings. The third-order valence-corrected chi connectivity index (χ3v) is 4.40. The van der Waals surface area contributed by atoms with Crippen molar-refractivity contribution >= 4 is 23.4 Å². The molecule has 1 aromatic carbocycles. The lowest BCUT2D eigenvalue weighted by Gasteiger charge is -2.34. The number of anilines is 1. The second-order valence-corrected chi connectivity index (χ2v) is 7.21. The molecule has 1 aliphatic rings. The number of hydrogen-bond donors (Lipinski definition) is 1. The van der Waals surface area contributed by atoms with Crippen molar-refractivity contribution in [3.63, 3.8) is 0 Å². The van der Waals surface area contributed by atoms with Crippen LogP contribution >= 0.6 is 11.8 Å². The van der Waals surface area contributed by atoms with Gasteiger partial charge in [-0.15, -0.1) is 0 Å². The minimum Gasteiger partial charge on any atom is -0.326 e. The molecule has 1 amide bonds. The van der Waals surface area contributed by atoms with Crippen LogP contribution in [-0.4, -0.2) is 34.4 Å². The number of amides is 1. The number of nitrogens with zero attached hydrogens (tertiary/aromatic N) is 1. The van der Waals surface area contributed by atoms with Gasteiger partial charge in [0.05, 0.1) is 0 Å². The lowest BCUT2D eigenvalue weighted by Crippen LogP contribution is -2.39. The van der Waals surface area contributed by atoms with Gasteiger partial charge in [-0.2, -0.15) is 11.8 Å². The largest absolute Gasteiger partial charge is 0.326 e. The van der Waals surface area contributed by atoms with E-state index in [4.69, 9.17) is 0 Å². The lowest BCUT2D eigenvalue weighted by molar-refractivity contribution is -0.114. The molecule has 0 saturated carbocycles. The Balaban J connectivity index is 1.93. The Bertz CT molecular complexity index is 422. The van der Waals surface area contributed by atoms with Crippen molar-refractivity contribution in [1.82, 2.24) is 4.90 Å². The molecule has 19 heavy (non-hydrogen) atoms. The Labute approximate surface area is 119 Å². The highest BCUT2D eigenvalue weighted by Crippen LogP contribution is 2.25. The van der Waals surface area contributed by atoms with Crippen LogP contribution < -0.4 is 5.32 Å². The summed E-state index contributed by atoms with van der Waals surface area (Å²) >= 11 is 2.08. The van der Waals surface area contributed by atoms with Gasteiger partial charge < -0.3 is 5.32 Å². The van der Waals surface area contributed by atoms with Gasteiger partial charge in [-0.3, -0.25) is 9.69 Å². The molecule has 3 nitrogen and oxygen atoms in total. The molecule has 1 N–H and O–H groups in total. The van der Waals surface area contributed by atoms with Crippen LogP contribution in [0.2, 0.25) is 0 Å². The fourth-order valence-electron chi connectivity index (χ4n) is 2.57. The Morgan fingerprint density at radius 2 is 1.84 bits per heavy atom. The Morgan fingerprint density at radius 1 is 1.26 bits per heavy atom. The van der Waals surface area contributed by atoms with Gasteiger partial charge in [0.25, 0.3) is 0 Å². The quantitative estimate of drug-likeness (QED) is 0.922. The number of benzene rings is 1. The van der Waals surface area contributed by atoms with Gasteiger partial charge in [0.15, 0.2) is 0 Å². The van der Waals surface area contributed by atoms with Gasteiger partial charge >= 0.3 is 0 Å². The fourth-order valence-corrected chi connectivity index (χ4v) is 3.96. The van der Waals surface area contributed by atoms with E-state index >= 15 is 0 Å². The number of thioether (sulfide) groups is 1. The molecule has 0 spiro atoms. The molecular formula is C15H22N2OS. The zero-order chi connectivity index (χ0) is 13.8. The van der Waals surface area contributed by atoms with E-state index in [1.807, 2.05) is 12.1 Å². The lowest BCUT2D eigenvalue weighted by atomic mass is 10.2. The summed E-state index contributed by atoms with van der Waals surface area (Å²) in [6, 6.07) is 8.15. The fraction of sp³-hybridized carbons (Fsp3) is 0.533. The topological polar surface area (TPSA) is 32.3 Å². The molecule has 104 valence electrons. The molecule has 0 radical (unpaired) electrons. The van der Waals surface area contributed by atoms with Crippen LogP contribution in [0.1, 0.15) is 26.3 Å². The highest BCUT2D eigenvalue weighted by Gasteiger charge is 2.21. The van der Waals surface area contributed by atoms with Crippen molar-refractivity contribution in [2.45, 2.75) is 37.8 Å². The number of rotatable bonds is 3. The zero-order valence-corrected chi connectivity index (χ0v) is 12.7. The first-order valence-electron chi connectivity index (χ1n) is 6.77. The minimum atomic E-state index is -0.0246. The zero-order valence-electron chi connectivity index (χ0n) is 11.8. The van der Waals surface area contributed by atoms with Crippen LogP contribution in [0.25, 0.3) is 0 Å². The molecule has 0 unspecified atom stereocenters. The highest BCUT2D eigenvalue weighted by atomic mass is 32.2. The first-order valence-corrected chi connectivity index (χ1v) is 7.71. The van der Waals surface area contributed by atoms with E-state index in [9.17, 15) is 4.79 Å². The van der Waals surface area contributed by atoms with E-state index in [-0.39, 0.29) is 5.91 Å². The van der Waals surface area contributed by atoms with Crippen molar-refractivity contribution in [2.75, 3.05) is 18.4 Å². The monoisotopic (exact) mass is 278 g/mol. The summed E-state index contributed by atoms with van der Waals surface area (Å²) in [5, 5.41) is 4.21. The summed E-state index contributed by atoms with van der Waals surface area (Å²) in [5.41, 5.74) is 2.17. The van der Waals surface area contributed by atoms with Crippen LogP contribution in [0.5, 0.6) is 0 Å². The molecule has 1 aliphatic heterocycles. The molecule has 0 bridgehead atoms. The molecule has 4 heteroatoms. The molecule has 0 aliphatic carbocycles. The Hall–Kier alpha value is -1.00. The third kappa shape index (κ3) is 4.55. The maximum Gasteiger partial charge on any atom is 0.221 e. The van der Waals surface area contributed by atoms with E-state index in [2.05, 4.69) is 48.0 Å². The van der Waals surface area contributed by atoms with E-state index in [0.717, 1.165) is 25.3 Å². The van der Waals surface area contributed by atoms with Crippen LogP contribution in [-0.2, 0) is 11.3 Å². The summed E-state index contributed by atoms with van der Waals surface area (Å²) in [6.07, 6.45) is 0. The molecular weight excluding hydrogens is 256 g/mol. The summed E-state index contributed by atoms with van der Waals surface area (Å²) < 4.78 is 0. The summed E-state index contributed by atoms with van der Waals surface area (Å²) in [7, 11) is 0. The predicted octanol–water partition coefficient (Wildman–Crippen LogP) is 2.97. The van der Waals surface area contributed by atoms with Crippen LogP contribution in [0.4, 0.5) is 5.69 Å². The average molecular weight is 278 g/mol. The predicted molar refractivity (Wildman–Crippen MR) is 82.5 cm³/mol. The minimum absolute atomic E-state index is 0.0246. The Morgan fingerprint density at radius 3 is 2.37 bits per heavy atom. The van der Waals surface area contributed by atoms with Crippen molar-refractivity contribution in [2.24, 2.45) is 0 Å².